The van der Waals surface area contributed by atoms with Crippen LogP contribution in [0.15, 0.2) is 66.7 Å². The third-order valence-corrected chi connectivity index (χ3v) is 4.72. The highest BCUT2D eigenvalue weighted by molar-refractivity contribution is 6.08. The van der Waals surface area contributed by atoms with Crippen LogP contribution in [-0.4, -0.2) is 35.1 Å². The molecule has 3 aromatic rings. The number of rotatable bonds is 9. The first-order chi connectivity index (χ1) is 15.9. The minimum atomic E-state index is -0.418. The van der Waals surface area contributed by atoms with Gasteiger partial charge in [-0.2, -0.15) is 0 Å². The van der Waals surface area contributed by atoms with Gasteiger partial charge in [0.1, 0.15) is 11.5 Å². The van der Waals surface area contributed by atoms with Crippen molar-refractivity contribution >= 4 is 23.5 Å². The van der Waals surface area contributed by atoms with Crippen LogP contribution in [0, 0.1) is 6.92 Å². The summed E-state index contributed by atoms with van der Waals surface area (Å²) in [5.74, 6) is -0.307. The van der Waals surface area contributed by atoms with Crippen LogP contribution >= 0.6 is 0 Å². The van der Waals surface area contributed by atoms with E-state index >= 15 is 0 Å². The van der Waals surface area contributed by atoms with Crippen molar-refractivity contribution in [3.63, 3.8) is 0 Å². The number of nitrogens with one attached hydrogen (secondary N) is 1. The Hall–Kier alpha value is -4.26. The van der Waals surface area contributed by atoms with Crippen molar-refractivity contribution in [2.45, 2.75) is 13.8 Å². The topological polar surface area (TPSA) is 105 Å². The number of hydrogen-bond acceptors (Lipinski definition) is 6. The van der Waals surface area contributed by atoms with E-state index < -0.39 is 5.78 Å². The predicted molar refractivity (Wildman–Crippen MR) is 126 cm³/mol. The molecule has 0 atom stereocenters. The first kappa shape index (κ1) is 23.4. The van der Waals surface area contributed by atoms with E-state index in [1.807, 2.05) is 38.1 Å². The van der Waals surface area contributed by atoms with E-state index in [0.717, 1.165) is 17.3 Å². The lowest BCUT2D eigenvalue weighted by Crippen LogP contribution is -2.20. The van der Waals surface area contributed by atoms with Crippen molar-refractivity contribution in [3.05, 3.63) is 83.4 Å². The number of anilines is 1. The molecule has 3 rings (SSSR count). The summed E-state index contributed by atoms with van der Waals surface area (Å²) in [6.07, 6.45) is 2.89. The van der Waals surface area contributed by atoms with E-state index in [-0.39, 0.29) is 29.6 Å². The Morgan fingerprint density at radius 2 is 1.76 bits per heavy atom. The third-order valence-electron chi connectivity index (χ3n) is 4.72. The molecule has 0 aromatic heterocycles. The van der Waals surface area contributed by atoms with Gasteiger partial charge in [-0.1, -0.05) is 30.3 Å². The van der Waals surface area contributed by atoms with Crippen LogP contribution in [0.4, 0.5) is 5.69 Å². The molecule has 3 aromatic carbocycles. The van der Waals surface area contributed by atoms with E-state index in [9.17, 15) is 19.8 Å². The van der Waals surface area contributed by atoms with E-state index in [1.165, 1.54) is 18.2 Å². The van der Waals surface area contributed by atoms with Crippen LogP contribution in [0.25, 0.3) is 6.08 Å². The molecule has 0 spiro atoms. The Kier molecular flexibility index (Phi) is 7.70. The Bertz CT molecular complexity index is 1190. The fraction of sp³-hybridized carbons (Fsp3) is 0.154. The number of allylic oxidation sites excluding steroid dienone is 1. The fourth-order valence-corrected chi connectivity index (χ4v) is 3.05. The zero-order valence-electron chi connectivity index (χ0n) is 18.4. The summed E-state index contributed by atoms with van der Waals surface area (Å²) in [6.45, 7) is 3.93. The van der Waals surface area contributed by atoms with Crippen LogP contribution in [0.1, 0.15) is 28.4 Å². The molecule has 7 heteroatoms. The molecule has 0 aliphatic carbocycles. The Morgan fingerprint density at radius 1 is 0.970 bits per heavy atom. The Morgan fingerprint density at radius 3 is 2.48 bits per heavy atom. The zero-order valence-corrected chi connectivity index (χ0v) is 18.4. The van der Waals surface area contributed by atoms with Gasteiger partial charge in [0.05, 0.1) is 12.2 Å². The van der Waals surface area contributed by atoms with Gasteiger partial charge in [-0.15, -0.1) is 0 Å². The first-order valence-electron chi connectivity index (χ1n) is 10.4. The van der Waals surface area contributed by atoms with Gasteiger partial charge in [0.25, 0.3) is 5.91 Å². The van der Waals surface area contributed by atoms with Gasteiger partial charge in [0.15, 0.2) is 23.9 Å². The zero-order chi connectivity index (χ0) is 23.8. The third kappa shape index (κ3) is 6.36. The number of carbonyl (C=O) groups is 2. The van der Waals surface area contributed by atoms with Crippen LogP contribution in [0.5, 0.6) is 23.0 Å². The van der Waals surface area contributed by atoms with Gasteiger partial charge >= 0.3 is 0 Å². The number of ketones is 1. The molecule has 0 saturated heterocycles. The summed E-state index contributed by atoms with van der Waals surface area (Å²) in [6, 6.07) is 16.3. The summed E-state index contributed by atoms with van der Waals surface area (Å²) in [5, 5.41) is 22.0. The summed E-state index contributed by atoms with van der Waals surface area (Å²) in [7, 11) is 0. The number of amides is 1. The molecule has 170 valence electrons. The second-order valence-corrected chi connectivity index (χ2v) is 7.19. The molecular weight excluding hydrogens is 422 g/mol. The van der Waals surface area contributed by atoms with Gasteiger partial charge in [-0.3, -0.25) is 9.59 Å². The number of para-hydroxylation sites is 1. The van der Waals surface area contributed by atoms with Crippen molar-refractivity contribution in [3.8, 4) is 23.0 Å². The molecule has 33 heavy (non-hydrogen) atoms. The smallest absolute Gasteiger partial charge is 0.262 e. The Labute approximate surface area is 191 Å². The molecule has 0 bridgehead atoms. The summed E-state index contributed by atoms with van der Waals surface area (Å²) >= 11 is 0. The van der Waals surface area contributed by atoms with E-state index in [2.05, 4.69) is 5.32 Å². The quantitative estimate of drug-likeness (QED) is 0.324. The number of ether oxygens (including phenoxy) is 2. The molecule has 0 saturated carbocycles. The lowest BCUT2D eigenvalue weighted by molar-refractivity contribution is -0.118. The maximum absolute atomic E-state index is 12.4. The Balaban J connectivity index is 1.68. The largest absolute Gasteiger partial charge is 0.508 e. The van der Waals surface area contributed by atoms with Gasteiger partial charge in [-0.25, -0.2) is 0 Å². The van der Waals surface area contributed by atoms with E-state index in [1.54, 1.807) is 24.3 Å². The van der Waals surface area contributed by atoms with Crippen molar-refractivity contribution in [2.24, 2.45) is 0 Å². The number of aromatic hydroxyl groups is 2. The van der Waals surface area contributed by atoms with Crippen LogP contribution in [-0.2, 0) is 4.79 Å². The lowest BCUT2D eigenvalue weighted by Gasteiger charge is -2.13. The van der Waals surface area contributed by atoms with Crippen molar-refractivity contribution in [1.29, 1.82) is 0 Å². The summed E-state index contributed by atoms with van der Waals surface area (Å²) < 4.78 is 11.3. The monoisotopic (exact) mass is 447 g/mol. The number of hydrogen-bond donors (Lipinski definition) is 3. The molecule has 0 heterocycles. The number of benzene rings is 3. The van der Waals surface area contributed by atoms with Gasteiger partial charge in [0, 0.05) is 11.8 Å². The minimum absolute atomic E-state index is 0.0775. The molecule has 1 amide bonds. The van der Waals surface area contributed by atoms with Gasteiger partial charge < -0.3 is 25.0 Å². The first-order valence-corrected chi connectivity index (χ1v) is 10.4. The number of phenolic OH excluding ortho intramolecular Hbond substituents is 2. The SMILES string of the molecule is CCOc1cc(/C=C/C(=O)c2ccc(O)cc2O)ccc1OCC(=O)Nc1ccccc1C. The predicted octanol–water partition coefficient (Wildman–Crippen LogP) is 4.72. The molecule has 3 N–H and O–H groups in total. The maximum atomic E-state index is 12.4. The molecule has 7 nitrogen and oxygen atoms in total. The average molecular weight is 447 g/mol. The normalized spacial score (nSPS) is 10.7. The van der Waals surface area contributed by atoms with Gasteiger partial charge in [0.2, 0.25) is 0 Å². The second-order valence-electron chi connectivity index (χ2n) is 7.19. The lowest BCUT2D eigenvalue weighted by atomic mass is 10.1. The minimum Gasteiger partial charge on any atom is -0.508 e. The number of phenols is 2. The molecule has 0 unspecified atom stereocenters. The highest BCUT2D eigenvalue weighted by Gasteiger charge is 2.11. The molecule has 0 radical (unpaired) electrons. The molecule has 0 fully saturated rings. The van der Waals surface area contributed by atoms with E-state index in [0.29, 0.717) is 23.7 Å². The van der Waals surface area contributed by atoms with E-state index in [4.69, 9.17) is 9.47 Å². The second kappa shape index (κ2) is 10.9. The standard InChI is InChI=1S/C26H25NO6/c1-3-32-25-14-18(8-12-22(29)20-11-10-19(28)15-23(20)30)9-13-24(25)33-16-26(31)27-21-7-5-4-6-17(21)2/h4-15,28,30H,3,16H2,1-2H3,(H,27,31)/b12-8+. The number of aryl methyl sites for hydroxylation is 1. The maximum Gasteiger partial charge on any atom is 0.262 e. The highest BCUT2D eigenvalue weighted by atomic mass is 16.5. The highest BCUT2D eigenvalue weighted by Crippen LogP contribution is 2.29. The van der Waals surface area contributed by atoms with Crippen LogP contribution in [0.2, 0.25) is 0 Å². The summed E-state index contributed by atoms with van der Waals surface area (Å²) in [5.41, 5.74) is 2.42. The van der Waals surface area contributed by atoms with Crippen molar-refractivity contribution in [1.82, 2.24) is 0 Å². The molecule has 0 aliphatic heterocycles. The van der Waals surface area contributed by atoms with Crippen LogP contribution in [0.3, 0.4) is 0 Å². The molecule has 0 aliphatic rings. The fourth-order valence-electron chi connectivity index (χ4n) is 3.05. The summed E-state index contributed by atoms with van der Waals surface area (Å²) in [4.78, 5) is 24.6. The van der Waals surface area contributed by atoms with Crippen molar-refractivity contribution in [2.75, 3.05) is 18.5 Å². The van der Waals surface area contributed by atoms with Crippen LogP contribution < -0.4 is 14.8 Å². The molecular formula is C26H25NO6. The van der Waals surface area contributed by atoms with Gasteiger partial charge in [-0.05, 0) is 61.4 Å². The number of carbonyl (C=O) groups excluding carboxylic acids is 2. The van der Waals surface area contributed by atoms with Crippen molar-refractivity contribution < 1.29 is 29.3 Å². The average Bonchev–Trinajstić information content (AvgIpc) is 2.78.